The van der Waals surface area contributed by atoms with Crippen LogP contribution in [0.5, 0.6) is 0 Å². The summed E-state index contributed by atoms with van der Waals surface area (Å²) in [6, 6.07) is 2.94. The van der Waals surface area contributed by atoms with E-state index < -0.39 is 6.43 Å². The van der Waals surface area contributed by atoms with Crippen LogP contribution in [0.2, 0.25) is 0 Å². The molecule has 0 unspecified atom stereocenters. The van der Waals surface area contributed by atoms with Crippen LogP contribution < -0.4 is 5.73 Å². The van der Waals surface area contributed by atoms with E-state index in [1.165, 1.54) is 12.3 Å². The Morgan fingerprint density at radius 1 is 1.62 bits per heavy atom. The number of nitrogens with two attached hydrogens (primary N) is 1. The van der Waals surface area contributed by atoms with Crippen LogP contribution in [-0.4, -0.2) is 4.98 Å². The maximum absolute atomic E-state index is 12.3. The number of alkyl halides is 2. The number of nitrogen functional groups attached to an aromatic ring is 1. The molecular formula is C8H7F2N3. The number of anilines is 1. The lowest BCUT2D eigenvalue weighted by molar-refractivity contribution is 0.150. The van der Waals surface area contributed by atoms with E-state index in [4.69, 9.17) is 11.0 Å². The molecule has 3 nitrogen and oxygen atoms in total. The molecule has 0 aliphatic heterocycles. The Bertz CT molecular complexity index is 344. The first-order valence-electron chi connectivity index (χ1n) is 3.55. The van der Waals surface area contributed by atoms with Crippen molar-refractivity contribution in [3.05, 3.63) is 23.4 Å². The Balaban J connectivity index is 3.19. The zero-order valence-corrected chi connectivity index (χ0v) is 6.67. The van der Waals surface area contributed by atoms with Crippen molar-refractivity contribution in [1.29, 1.82) is 5.26 Å². The van der Waals surface area contributed by atoms with Gasteiger partial charge in [-0.1, -0.05) is 0 Å². The van der Waals surface area contributed by atoms with Crippen molar-refractivity contribution in [2.24, 2.45) is 0 Å². The van der Waals surface area contributed by atoms with Gasteiger partial charge in [0.25, 0.3) is 6.43 Å². The molecule has 0 saturated carbocycles. The second-order valence-corrected chi connectivity index (χ2v) is 2.40. The molecule has 0 fully saturated rings. The summed E-state index contributed by atoms with van der Waals surface area (Å²) >= 11 is 0. The van der Waals surface area contributed by atoms with Gasteiger partial charge in [-0.25, -0.2) is 13.8 Å². The van der Waals surface area contributed by atoms with Crippen LogP contribution in [0.15, 0.2) is 12.3 Å². The molecule has 0 aliphatic rings. The Hall–Kier alpha value is -1.70. The summed E-state index contributed by atoms with van der Waals surface area (Å²) in [4.78, 5) is 3.63. The van der Waals surface area contributed by atoms with Crippen molar-refractivity contribution in [1.82, 2.24) is 4.98 Å². The highest BCUT2D eigenvalue weighted by molar-refractivity contribution is 5.46. The van der Waals surface area contributed by atoms with Crippen molar-refractivity contribution < 1.29 is 8.78 Å². The van der Waals surface area contributed by atoms with Crippen LogP contribution >= 0.6 is 0 Å². The highest BCUT2D eigenvalue weighted by Gasteiger charge is 2.14. The van der Waals surface area contributed by atoms with Gasteiger partial charge in [-0.2, -0.15) is 5.26 Å². The molecule has 13 heavy (non-hydrogen) atoms. The van der Waals surface area contributed by atoms with Crippen LogP contribution in [0.1, 0.15) is 17.6 Å². The van der Waals surface area contributed by atoms with Crippen molar-refractivity contribution in [3.8, 4) is 6.07 Å². The molecule has 0 bridgehead atoms. The Morgan fingerprint density at radius 2 is 2.31 bits per heavy atom. The number of nitriles is 1. The zero-order chi connectivity index (χ0) is 9.84. The van der Waals surface area contributed by atoms with Gasteiger partial charge in [0.1, 0.15) is 5.82 Å². The first-order chi connectivity index (χ1) is 6.16. The zero-order valence-electron chi connectivity index (χ0n) is 6.67. The maximum Gasteiger partial charge on any atom is 0.264 e. The number of rotatable bonds is 2. The number of halogens is 2. The minimum Gasteiger partial charge on any atom is -0.383 e. The third kappa shape index (κ3) is 1.90. The van der Waals surface area contributed by atoms with E-state index in [1.807, 2.05) is 0 Å². The highest BCUT2D eigenvalue weighted by atomic mass is 19.3. The molecule has 2 N–H and O–H groups in total. The maximum atomic E-state index is 12.3. The molecule has 0 atom stereocenters. The third-order valence-electron chi connectivity index (χ3n) is 1.62. The summed E-state index contributed by atoms with van der Waals surface area (Å²) in [6.07, 6.45) is -1.55. The van der Waals surface area contributed by atoms with Crippen molar-refractivity contribution >= 4 is 5.82 Å². The molecule has 0 aliphatic carbocycles. The van der Waals surface area contributed by atoms with Crippen LogP contribution in [0.3, 0.4) is 0 Å². The van der Waals surface area contributed by atoms with Gasteiger partial charge in [0, 0.05) is 17.3 Å². The highest BCUT2D eigenvalue weighted by Crippen LogP contribution is 2.25. The Kier molecular flexibility index (Phi) is 2.75. The van der Waals surface area contributed by atoms with Gasteiger partial charge >= 0.3 is 0 Å². The molecule has 1 heterocycles. The predicted molar refractivity (Wildman–Crippen MR) is 42.9 cm³/mol. The summed E-state index contributed by atoms with van der Waals surface area (Å²) in [5, 5.41) is 8.37. The Labute approximate surface area is 73.8 Å². The monoisotopic (exact) mass is 183 g/mol. The molecule has 0 radical (unpaired) electrons. The fourth-order valence-electron chi connectivity index (χ4n) is 1.00. The molecule has 0 spiro atoms. The second kappa shape index (κ2) is 3.81. The van der Waals surface area contributed by atoms with Crippen LogP contribution in [-0.2, 0) is 6.42 Å². The summed E-state index contributed by atoms with van der Waals surface area (Å²) in [5.41, 5.74) is 5.26. The first kappa shape index (κ1) is 9.39. The van der Waals surface area contributed by atoms with Gasteiger partial charge in [-0.15, -0.1) is 0 Å². The summed E-state index contributed by atoms with van der Waals surface area (Å²) in [6.45, 7) is 0. The molecule has 0 saturated heterocycles. The first-order valence-corrected chi connectivity index (χ1v) is 3.55. The lowest BCUT2D eigenvalue weighted by Gasteiger charge is -2.06. The predicted octanol–water partition coefficient (Wildman–Crippen LogP) is 1.67. The van der Waals surface area contributed by atoms with Crippen LogP contribution in [0, 0.1) is 11.3 Å². The SMILES string of the molecule is N#CCc1c(C(F)F)ccnc1N. The van der Waals surface area contributed by atoms with Crippen LogP contribution in [0.25, 0.3) is 0 Å². The molecule has 5 heteroatoms. The fourth-order valence-corrected chi connectivity index (χ4v) is 1.00. The Morgan fingerprint density at radius 3 is 2.85 bits per heavy atom. The van der Waals surface area contributed by atoms with Gasteiger partial charge in [-0.3, -0.25) is 0 Å². The minimum atomic E-state index is -2.62. The minimum absolute atomic E-state index is 0.000602. The second-order valence-electron chi connectivity index (χ2n) is 2.40. The van der Waals surface area contributed by atoms with Gasteiger partial charge in [-0.05, 0) is 6.07 Å². The van der Waals surface area contributed by atoms with Crippen molar-refractivity contribution in [2.45, 2.75) is 12.8 Å². The molecule has 0 aromatic carbocycles. The van der Waals surface area contributed by atoms with Crippen LogP contribution in [0.4, 0.5) is 14.6 Å². The number of pyridine rings is 1. The molecule has 1 aromatic heterocycles. The quantitative estimate of drug-likeness (QED) is 0.758. The van der Waals surface area contributed by atoms with Gasteiger partial charge in [0.2, 0.25) is 0 Å². The summed E-state index contributed by atoms with van der Waals surface area (Å²) in [7, 11) is 0. The molecule has 0 amide bonds. The van der Waals surface area contributed by atoms with E-state index in [0.29, 0.717) is 0 Å². The topological polar surface area (TPSA) is 62.7 Å². The van der Waals surface area contributed by atoms with Crippen molar-refractivity contribution in [2.75, 3.05) is 5.73 Å². The molecule has 1 rings (SSSR count). The molecular weight excluding hydrogens is 176 g/mol. The number of aromatic nitrogens is 1. The lowest BCUT2D eigenvalue weighted by atomic mass is 10.1. The van der Waals surface area contributed by atoms with E-state index in [9.17, 15) is 8.78 Å². The van der Waals surface area contributed by atoms with E-state index in [1.54, 1.807) is 6.07 Å². The smallest absolute Gasteiger partial charge is 0.264 e. The number of nitrogens with zero attached hydrogens (tertiary/aromatic N) is 2. The average molecular weight is 183 g/mol. The average Bonchev–Trinajstić information content (AvgIpc) is 2.08. The number of hydrogen-bond acceptors (Lipinski definition) is 3. The van der Waals surface area contributed by atoms with Gasteiger partial charge < -0.3 is 5.73 Å². The van der Waals surface area contributed by atoms with Gasteiger partial charge in [0.15, 0.2) is 0 Å². The van der Waals surface area contributed by atoms with Gasteiger partial charge in [0.05, 0.1) is 12.5 Å². The fraction of sp³-hybridized carbons (Fsp3) is 0.250. The largest absolute Gasteiger partial charge is 0.383 e. The van der Waals surface area contributed by atoms with E-state index in [2.05, 4.69) is 4.98 Å². The standard InChI is InChI=1S/C8H7F2N3/c9-7(10)5-2-4-13-8(12)6(5)1-3-11/h2,4,7H,1H2,(H2,12,13). The number of hydrogen-bond donors (Lipinski definition) is 1. The summed E-state index contributed by atoms with van der Waals surface area (Å²) in [5.74, 6) is -0.000602. The van der Waals surface area contributed by atoms with E-state index in [-0.39, 0.29) is 23.4 Å². The lowest BCUT2D eigenvalue weighted by Crippen LogP contribution is -2.02. The van der Waals surface area contributed by atoms with E-state index >= 15 is 0 Å². The molecule has 1 aromatic rings. The molecule has 68 valence electrons. The van der Waals surface area contributed by atoms with E-state index in [0.717, 1.165) is 0 Å². The third-order valence-corrected chi connectivity index (χ3v) is 1.62. The van der Waals surface area contributed by atoms with Crippen molar-refractivity contribution in [3.63, 3.8) is 0 Å². The normalized spacial score (nSPS) is 10.0. The summed E-state index contributed by atoms with van der Waals surface area (Å²) < 4.78 is 24.7.